The van der Waals surface area contributed by atoms with Crippen LogP contribution in [0.3, 0.4) is 0 Å². The third-order valence-electron chi connectivity index (χ3n) is 2.24. The highest BCUT2D eigenvalue weighted by atomic mass is 79.9. The van der Waals surface area contributed by atoms with E-state index in [1.165, 1.54) is 4.88 Å². The van der Waals surface area contributed by atoms with Crippen molar-refractivity contribution in [3.63, 3.8) is 0 Å². The zero-order chi connectivity index (χ0) is 10.3. The first-order chi connectivity index (χ1) is 7.34. The van der Waals surface area contributed by atoms with Crippen LogP contribution < -0.4 is 0 Å². The second-order valence-corrected chi connectivity index (χ2v) is 5.06. The molecule has 3 aromatic rings. The van der Waals surface area contributed by atoms with Crippen LogP contribution in [0.5, 0.6) is 0 Å². The summed E-state index contributed by atoms with van der Waals surface area (Å²) in [6.07, 6.45) is 3.92. The summed E-state index contributed by atoms with van der Waals surface area (Å²) < 4.78 is 3.17. The van der Waals surface area contributed by atoms with E-state index in [2.05, 4.69) is 42.8 Å². The standard InChI is InChI=1S/C11H7BrN2S/c12-8-3-4-14-9(6-8)7-13-11(14)10-2-1-5-15-10/h1-7H. The highest BCUT2D eigenvalue weighted by molar-refractivity contribution is 9.10. The van der Waals surface area contributed by atoms with Gasteiger partial charge in [0.05, 0.1) is 16.6 Å². The van der Waals surface area contributed by atoms with E-state index in [1.807, 2.05) is 24.5 Å². The van der Waals surface area contributed by atoms with Crippen LogP contribution in [0.25, 0.3) is 16.2 Å². The maximum Gasteiger partial charge on any atom is 0.154 e. The molecule has 0 unspecified atom stereocenters. The SMILES string of the molecule is Brc1ccn2c(-c3cccs3)ncc2c1. The van der Waals surface area contributed by atoms with Crippen LogP contribution in [0.15, 0.2) is 46.5 Å². The Morgan fingerprint density at radius 2 is 2.27 bits per heavy atom. The van der Waals surface area contributed by atoms with Crippen molar-refractivity contribution < 1.29 is 0 Å². The molecule has 0 aromatic carbocycles. The summed E-state index contributed by atoms with van der Waals surface area (Å²) in [7, 11) is 0. The van der Waals surface area contributed by atoms with E-state index in [4.69, 9.17) is 0 Å². The molecule has 0 saturated heterocycles. The molecule has 15 heavy (non-hydrogen) atoms. The number of halogens is 1. The quantitative estimate of drug-likeness (QED) is 0.661. The lowest BCUT2D eigenvalue weighted by atomic mass is 10.4. The molecule has 0 saturated carbocycles. The number of thiophene rings is 1. The van der Waals surface area contributed by atoms with Crippen molar-refractivity contribution in [3.05, 3.63) is 46.5 Å². The number of hydrogen-bond acceptors (Lipinski definition) is 2. The molecule has 74 valence electrons. The first-order valence-corrected chi connectivity index (χ1v) is 6.18. The van der Waals surface area contributed by atoms with Gasteiger partial charge in [0.2, 0.25) is 0 Å². The summed E-state index contributed by atoms with van der Waals surface area (Å²) in [4.78, 5) is 5.62. The molecule has 0 bridgehead atoms. The van der Waals surface area contributed by atoms with E-state index in [1.54, 1.807) is 11.3 Å². The van der Waals surface area contributed by atoms with E-state index in [9.17, 15) is 0 Å². The predicted octanol–water partition coefficient (Wildman–Crippen LogP) is 3.83. The molecule has 0 N–H and O–H groups in total. The normalized spacial score (nSPS) is 11.0. The van der Waals surface area contributed by atoms with Gasteiger partial charge in [-0.05, 0) is 23.6 Å². The number of nitrogens with zero attached hydrogens (tertiary/aromatic N) is 2. The van der Waals surface area contributed by atoms with Crippen molar-refractivity contribution in [1.82, 2.24) is 9.38 Å². The number of hydrogen-bond donors (Lipinski definition) is 0. The van der Waals surface area contributed by atoms with Crippen LogP contribution in [0.2, 0.25) is 0 Å². The van der Waals surface area contributed by atoms with Crippen LogP contribution >= 0.6 is 27.3 Å². The molecule has 0 radical (unpaired) electrons. The van der Waals surface area contributed by atoms with Crippen LogP contribution in [0, 0.1) is 0 Å². The van der Waals surface area contributed by atoms with Gasteiger partial charge in [0.15, 0.2) is 5.82 Å². The number of pyridine rings is 1. The summed E-state index contributed by atoms with van der Waals surface area (Å²) in [5, 5.41) is 2.06. The minimum Gasteiger partial charge on any atom is -0.299 e. The van der Waals surface area contributed by atoms with Crippen LogP contribution in [0.1, 0.15) is 0 Å². The van der Waals surface area contributed by atoms with Crippen molar-refractivity contribution in [1.29, 1.82) is 0 Å². The topological polar surface area (TPSA) is 17.3 Å². The Hall–Kier alpha value is -1.13. The lowest BCUT2D eigenvalue weighted by Gasteiger charge is -1.98. The van der Waals surface area contributed by atoms with Gasteiger partial charge < -0.3 is 0 Å². The lowest BCUT2D eigenvalue weighted by Crippen LogP contribution is -1.86. The van der Waals surface area contributed by atoms with Gasteiger partial charge in [-0.25, -0.2) is 4.98 Å². The largest absolute Gasteiger partial charge is 0.299 e. The number of imidazole rings is 1. The Bertz CT molecular complexity index is 598. The van der Waals surface area contributed by atoms with Crippen molar-refractivity contribution in [2.75, 3.05) is 0 Å². The van der Waals surface area contributed by atoms with Gasteiger partial charge in [-0.3, -0.25) is 4.40 Å². The highest BCUT2D eigenvalue weighted by Gasteiger charge is 2.06. The zero-order valence-electron chi connectivity index (χ0n) is 7.72. The van der Waals surface area contributed by atoms with Crippen molar-refractivity contribution in [2.45, 2.75) is 0 Å². The molecule has 4 heteroatoms. The molecule has 0 aliphatic rings. The number of fused-ring (bicyclic) bond motifs is 1. The van der Waals surface area contributed by atoms with E-state index >= 15 is 0 Å². The molecule has 0 aliphatic heterocycles. The van der Waals surface area contributed by atoms with Crippen LogP contribution in [-0.2, 0) is 0 Å². The molecular formula is C11H7BrN2S. The van der Waals surface area contributed by atoms with Gasteiger partial charge in [-0.2, -0.15) is 0 Å². The molecule has 0 aliphatic carbocycles. The maximum absolute atomic E-state index is 4.43. The summed E-state index contributed by atoms with van der Waals surface area (Å²) in [5.74, 6) is 1.01. The average molecular weight is 279 g/mol. The Morgan fingerprint density at radius 3 is 3.07 bits per heavy atom. The minimum atomic E-state index is 1.01. The van der Waals surface area contributed by atoms with E-state index in [0.717, 1.165) is 15.8 Å². The molecule has 0 atom stereocenters. The van der Waals surface area contributed by atoms with Crippen molar-refractivity contribution in [3.8, 4) is 10.7 Å². The highest BCUT2D eigenvalue weighted by Crippen LogP contribution is 2.25. The van der Waals surface area contributed by atoms with E-state index < -0.39 is 0 Å². The number of aromatic nitrogens is 2. The van der Waals surface area contributed by atoms with Crippen LogP contribution in [0.4, 0.5) is 0 Å². The van der Waals surface area contributed by atoms with E-state index in [0.29, 0.717) is 0 Å². The smallest absolute Gasteiger partial charge is 0.154 e. The van der Waals surface area contributed by atoms with Gasteiger partial charge >= 0.3 is 0 Å². The lowest BCUT2D eigenvalue weighted by molar-refractivity contribution is 1.17. The fourth-order valence-electron chi connectivity index (χ4n) is 1.56. The number of rotatable bonds is 1. The first kappa shape index (κ1) is 9.12. The summed E-state index contributed by atoms with van der Waals surface area (Å²) >= 11 is 5.16. The summed E-state index contributed by atoms with van der Waals surface area (Å²) in [6.45, 7) is 0. The Labute approximate surface area is 99.3 Å². The molecule has 3 aromatic heterocycles. The third-order valence-corrected chi connectivity index (χ3v) is 3.59. The Kier molecular flexibility index (Phi) is 2.11. The molecule has 2 nitrogen and oxygen atoms in total. The van der Waals surface area contributed by atoms with Gasteiger partial charge in [-0.15, -0.1) is 11.3 Å². The summed E-state index contributed by atoms with van der Waals surface area (Å²) in [6, 6.07) is 8.21. The minimum absolute atomic E-state index is 1.01. The second kappa shape index (κ2) is 3.47. The first-order valence-electron chi connectivity index (χ1n) is 4.51. The van der Waals surface area contributed by atoms with Gasteiger partial charge in [0.25, 0.3) is 0 Å². The fraction of sp³-hybridized carbons (Fsp3) is 0. The van der Waals surface area contributed by atoms with E-state index in [-0.39, 0.29) is 0 Å². The molecule has 0 spiro atoms. The van der Waals surface area contributed by atoms with Gasteiger partial charge in [0.1, 0.15) is 0 Å². The van der Waals surface area contributed by atoms with Crippen LogP contribution in [-0.4, -0.2) is 9.38 Å². The molecule has 3 rings (SSSR count). The second-order valence-electron chi connectivity index (χ2n) is 3.20. The molecular weight excluding hydrogens is 272 g/mol. The van der Waals surface area contributed by atoms with Gasteiger partial charge in [0, 0.05) is 10.7 Å². The molecule has 3 heterocycles. The Balaban J connectivity index is 2.29. The maximum atomic E-state index is 4.43. The monoisotopic (exact) mass is 278 g/mol. The molecule has 0 fully saturated rings. The Morgan fingerprint density at radius 1 is 1.33 bits per heavy atom. The average Bonchev–Trinajstić information content (AvgIpc) is 2.82. The predicted molar refractivity (Wildman–Crippen MR) is 66.2 cm³/mol. The van der Waals surface area contributed by atoms with Gasteiger partial charge in [-0.1, -0.05) is 22.0 Å². The fourth-order valence-corrected chi connectivity index (χ4v) is 2.63. The van der Waals surface area contributed by atoms with Crippen molar-refractivity contribution in [2.24, 2.45) is 0 Å². The zero-order valence-corrected chi connectivity index (χ0v) is 10.1. The van der Waals surface area contributed by atoms with Crippen molar-refractivity contribution >= 4 is 32.8 Å². The third kappa shape index (κ3) is 1.50. The molecule has 0 amide bonds. The summed E-state index contributed by atoms with van der Waals surface area (Å²) in [5.41, 5.74) is 1.10.